The summed E-state index contributed by atoms with van der Waals surface area (Å²) >= 11 is 0. The largest absolute Gasteiger partial charge is 0.366 e. The molecule has 5 nitrogen and oxygen atoms in total. The second-order valence-corrected chi connectivity index (χ2v) is 4.76. The number of primary amides is 1. The van der Waals surface area contributed by atoms with Crippen molar-refractivity contribution in [3.05, 3.63) is 76.3 Å². The van der Waals surface area contributed by atoms with Gasteiger partial charge in [-0.3, -0.25) is 14.2 Å². The molecule has 2 aromatic carbocycles. The van der Waals surface area contributed by atoms with E-state index in [1.165, 1.54) is 6.33 Å². The number of carbonyl (C=O) groups excluding carboxylic acids is 1. The van der Waals surface area contributed by atoms with Gasteiger partial charge in [0.25, 0.3) is 5.56 Å². The predicted octanol–water partition coefficient (Wildman–Crippen LogP) is 1.54. The predicted molar refractivity (Wildman–Crippen MR) is 80.1 cm³/mol. The molecule has 2 N–H and O–H groups in total. The lowest BCUT2D eigenvalue weighted by Crippen LogP contribution is -2.21. The minimum atomic E-state index is -0.467. The summed E-state index contributed by atoms with van der Waals surface area (Å²) in [6.45, 7) is 0.399. The van der Waals surface area contributed by atoms with Gasteiger partial charge < -0.3 is 5.73 Å². The first kappa shape index (κ1) is 13.1. The van der Waals surface area contributed by atoms with Crippen LogP contribution in [-0.2, 0) is 6.54 Å². The quantitative estimate of drug-likeness (QED) is 0.790. The van der Waals surface area contributed by atoms with Crippen molar-refractivity contribution in [1.82, 2.24) is 9.55 Å². The number of aromatic nitrogens is 2. The zero-order valence-electron chi connectivity index (χ0n) is 11.2. The minimum Gasteiger partial charge on any atom is -0.366 e. The van der Waals surface area contributed by atoms with E-state index in [2.05, 4.69) is 4.98 Å². The van der Waals surface area contributed by atoms with E-state index in [1.807, 2.05) is 18.2 Å². The Morgan fingerprint density at radius 3 is 2.52 bits per heavy atom. The lowest BCUT2D eigenvalue weighted by molar-refractivity contribution is 0.100. The summed E-state index contributed by atoms with van der Waals surface area (Å²) in [4.78, 5) is 27.7. The average molecular weight is 279 g/mol. The van der Waals surface area contributed by atoms with E-state index in [0.29, 0.717) is 23.0 Å². The summed E-state index contributed by atoms with van der Waals surface area (Å²) in [7, 11) is 0. The summed E-state index contributed by atoms with van der Waals surface area (Å²) in [5.74, 6) is -0.467. The van der Waals surface area contributed by atoms with Gasteiger partial charge in [0.2, 0.25) is 5.91 Å². The Morgan fingerprint density at radius 2 is 1.81 bits per heavy atom. The van der Waals surface area contributed by atoms with Crippen LogP contribution in [-0.4, -0.2) is 15.5 Å². The zero-order valence-corrected chi connectivity index (χ0v) is 11.2. The molecule has 0 atom stereocenters. The summed E-state index contributed by atoms with van der Waals surface area (Å²) in [5.41, 5.74) is 7.15. The Morgan fingerprint density at radius 1 is 1.10 bits per heavy atom. The Balaban J connectivity index is 1.96. The molecule has 0 unspecified atom stereocenters. The van der Waals surface area contributed by atoms with Crippen molar-refractivity contribution in [2.45, 2.75) is 6.54 Å². The van der Waals surface area contributed by atoms with Gasteiger partial charge in [-0.25, -0.2) is 4.98 Å². The van der Waals surface area contributed by atoms with Crippen LogP contribution in [0.25, 0.3) is 10.9 Å². The van der Waals surface area contributed by atoms with E-state index < -0.39 is 5.91 Å². The number of fused-ring (bicyclic) bond motifs is 1. The van der Waals surface area contributed by atoms with Crippen molar-refractivity contribution in [3.63, 3.8) is 0 Å². The van der Waals surface area contributed by atoms with Crippen LogP contribution in [0.3, 0.4) is 0 Å². The maximum absolute atomic E-state index is 12.4. The summed E-state index contributed by atoms with van der Waals surface area (Å²) in [6.07, 6.45) is 1.53. The van der Waals surface area contributed by atoms with E-state index >= 15 is 0 Å². The van der Waals surface area contributed by atoms with Crippen molar-refractivity contribution in [2.24, 2.45) is 5.73 Å². The first-order valence-electron chi connectivity index (χ1n) is 6.48. The fraction of sp³-hybridized carbons (Fsp3) is 0.0625. The molecule has 0 aliphatic heterocycles. The number of amides is 1. The molecule has 1 amide bonds. The van der Waals surface area contributed by atoms with Gasteiger partial charge in [-0.15, -0.1) is 0 Å². The number of carbonyl (C=O) groups is 1. The van der Waals surface area contributed by atoms with Gasteiger partial charge in [-0.1, -0.05) is 24.3 Å². The monoisotopic (exact) mass is 279 g/mol. The molecule has 104 valence electrons. The molecule has 0 fully saturated rings. The summed E-state index contributed by atoms with van der Waals surface area (Å²) in [5, 5.41) is 0.591. The van der Waals surface area contributed by atoms with Crippen LogP contribution in [0.2, 0.25) is 0 Å². The molecule has 0 spiro atoms. The first-order valence-corrected chi connectivity index (χ1v) is 6.48. The molecule has 1 heterocycles. The Labute approximate surface area is 120 Å². The van der Waals surface area contributed by atoms with Gasteiger partial charge >= 0.3 is 0 Å². The number of benzene rings is 2. The van der Waals surface area contributed by atoms with E-state index in [-0.39, 0.29) is 5.56 Å². The fourth-order valence-electron chi connectivity index (χ4n) is 2.19. The molecule has 0 saturated heterocycles. The van der Waals surface area contributed by atoms with E-state index in [0.717, 1.165) is 5.56 Å². The molecule has 21 heavy (non-hydrogen) atoms. The molecule has 3 rings (SSSR count). The first-order chi connectivity index (χ1) is 10.1. The molecular weight excluding hydrogens is 266 g/mol. The minimum absolute atomic E-state index is 0.0837. The molecule has 1 aromatic heterocycles. The second-order valence-electron chi connectivity index (χ2n) is 4.76. The van der Waals surface area contributed by atoms with E-state index in [4.69, 9.17) is 5.73 Å². The maximum atomic E-state index is 12.4. The van der Waals surface area contributed by atoms with Gasteiger partial charge in [0.05, 0.1) is 23.8 Å². The highest BCUT2D eigenvalue weighted by Gasteiger charge is 2.05. The van der Waals surface area contributed by atoms with Gasteiger partial charge in [0, 0.05) is 5.56 Å². The number of para-hydroxylation sites is 1. The number of nitrogens with zero attached hydrogens (tertiary/aromatic N) is 2. The molecule has 5 heteroatoms. The van der Waals surface area contributed by atoms with Crippen molar-refractivity contribution in [1.29, 1.82) is 0 Å². The Bertz CT molecular complexity index is 867. The number of rotatable bonds is 3. The van der Waals surface area contributed by atoms with Gasteiger partial charge in [0.15, 0.2) is 0 Å². The lowest BCUT2D eigenvalue weighted by Gasteiger charge is -2.07. The van der Waals surface area contributed by atoms with Crippen LogP contribution < -0.4 is 11.3 Å². The average Bonchev–Trinajstić information content (AvgIpc) is 2.51. The van der Waals surface area contributed by atoms with Crippen molar-refractivity contribution < 1.29 is 4.79 Å². The number of hydrogen-bond donors (Lipinski definition) is 1. The van der Waals surface area contributed by atoms with Crippen molar-refractivity contribution >= 4 is 16.8 Å². The normalized spacial score (nSPS) is 10.7. The molecule has 0 radical (unpaired) electrons. The molecule has 0 bridgehead atoms. The van der Waals surface area contributed by atoms with Gasteiger partial charge in [0.1, 0.15) is 0 Å². The smallest absolute Gasteiger partial charge is 0.261 e. The molecule has 0 aliphatic rings. The van der Waals surface area contributed by atoms with Crippen LogP contribution in [0, 0.1) is 0 Å². The van der Waals surface area contributed by atoms with Gasteiger partial charge in [-0.2, -0.15) is 0 Å². The highest BCUT2D eigenvalue weighted by molar-refractivity contribution is 5.92. The van der Waals surface area contributed by atoms with E-state index in [9.17, 15) is 9.59 Å². The van der Waals surface area contributed by atoms with Crippen LogP contribution >= 0.6 is 0 Å². The Hall–Kier alpha value is -2.95. The zero-order chi connectivity index (χ0) is 14.8. The van der Waals surface area contributed by atoms with Crippen molar-refractivity contribution in [2.75, 3.05) is 0 Å². The molecule has 3 aromatic rings. The third-order valence-electron chi connectivity index (χ3n) is 3.32. The molecular formula is C16H13N3O2. The maximum Gasteiger partial charge on any atom is 0.261 e. The summed E-state index contributed by atoms with van der Waals surface area (Å²) < 4.78 is 1.54. The second kappa shape index (κ2) is 5.20. The number of hydrogen-bond acceptors (Lipinski definition) is 3. The van der Waals surface area contributed by atoms with Crippen LogP contribution in [0.1, 0.15) is 15.9 Å². The molecule has 0 aliphatic carbocycles. The van der Waals surface area contributed by atoms with E-state index in [1.54, 1.807) is 34.9 Å². The third-order valence-corrected chi connectivity index (χ3v) is 3.32. The van der Waals surface area contributed by atoms with Crippen LogP contribution in [0.5, 0.6) is 0 Å². The highest BCUT2D eigenvalue weighted by atomic mass is 16.1. The van der Waals surface area contributed by atoms with Crippen molar-refractivity contribution in [3.8, 4) is 0 Å². The SMILES string of the molecule is NC(=O)c1ccc(Cn2cnc3ccccc3c2=O)cc1. The standard InChI is InChI=1S/C16H13N3O2/c17-15(20)12-7-5-11(6-8-12)9-19-10-18-14-4-2-1-3-13(14)16(19)21/h1-8,10H,9H2,(H2,17,20). The number of nitrogens with two attached hydrogens (primary N) is 1. The highest BCUT2D eigenvalue weighted by Crippen LogP contribution is 2.08. The van der Waals surface area contributed by atoms with Gasteiger partial charge in [-0.05, 0) is 29.8 Å². The topological polar surface area (TPSA) is 78.0 Å². The molecule has 0 saturated carbocycles. The van der Waals surface area contributed by atoms with Crippen LogP contribution in [0.15, 0.2) is 59.7 Å². The summed E-state index contributed by atoms with van der Waals surface area (Å²) in [6, 6.07) is 14.1. The van der Waals surface area contributed by atoms with Crippen LogP contribution in [0.4, 0.5) is 0 Å². The lowest BCUT2D eigenvalue weighted by atomic mass is 10.1. The third kappa shape index (κ3) is 2.53. The Kier molecular flexibility index (Phi) is 3.23. The fourth-order valence-corrected chi connectivity index (χ4v) is 2.19.